The normalized spacial score (nSPS) is 21.3. The molecule has 0 amide bonds. The Hall–Kier alpha value is -2.14. The molecule has 0 aromatic heterocycles. The van der Waals surface area contributed by atoms with Gasteiger partial charge in [-0.2, -0.15) is 8.61 Å². The molecule has 0 unspecified atom stereocenters. The molecule has 2 atom stereocenters. The van der Waals surface area contributed by atoms with Crippen LogP contribution in [0.15, 0.2) is 58.3 Å². The molecule has 1 heterocycles. The van der Waals surface area contributed by atoms with Gasteiger partial charge in [0.1, 0.15) is 11.5 Å². The molecule has 164 valence electrons. The molecule has 0 N–H and O–H groups in total. The van der Waals surface area contributed by atoms with Crippen molar-refractivity contribution in [2.45, 2.75) is 35.7 Å². The summed E-state index contributed by atoms with van der Waals surface area (Å²) in [5.41, 5.74) is 0. The molecule has 2 aromatic rings. The van der Waals surface area contributed by atoms with E-state index in [1.807, 2.05) is 0 Å². The zero-order chi connectivity index (χ0) is 22.1. The Labute approximate surface area is 178 Å². The summed E-state index contributed by atoms with van der Waals surface area (Å²) in [6.07, 6.45) is 0. The maximum atomic E-state index is 13.1. The number of piperazine rings is 1. The molecule has 0 bridgehead atoms. The summed E-state index contributed by atoms with van der Waals surface area (Å²) in [4.78, 5) is 0.294. The van der Waals surface area contributed by atoms with Crippen LogP contribution in [0.5, 0.6) is 11.5 Å². The summed E-state index contributed by atoms with van der Waals surface area (Å²) in [6, 6.07) is 11.3. The van der Waals surface area contributed by atoms with E-state index in [9.17, 15) is 16.8 Å². The highest BCUT2D eigenvalue weighted by Crippen LogP contribution is 2.29. The molecule has 8 nitrogen and oxygen atoms in total. The van der Waals surface area contributed by atoms with Gasteiger partial charge in [-0.25, -0.2) is 16.8 Å². The Kier molecular flexibility index (Phi) is 6.42. The van der Waals surface area contributed by atoms with E-state index in [0.29, 0.717) is 11.5 Å². The Balaban J connectivity index is 1.85. The maximum Gasteiger partial charge on any atom is 0.243 e. The predicted molar refractivity (Wildman–Crippen MR) is 113 cm³/mol. The van der Waals surface area contributed by atoms with Gasteiger partial charge in [0.2, 0.25) is 20.0 Å². The van der Waals surface area contributed by atoms with Crippen molar-refractivity contribution in [1.82, 2.24) is 8.61 Å². The van der Waals surface area contributed by atoms with Crippen LogP contribution in [0.4, 0.5) is 0 Å². The Morgan fingerprint density at radius 2 is 0.967 bits per heavy atom. The number of methoxy groups -OCH3 is 2. The minimum atomic E-state index is -3.77. The number of hydrogen-bond acceptors (Lipinski definition) is 6. The molecule has 0 saturated carbocycles. The van der Waals surface area contributed by atoms with Crippen molar-refractivity contribution < 1.29 is 26.3 Å². The van der Waals surface area contributed by atoms with Crippen LogP contribution in [0.25, 0.3) is 0 Å². The van der Waals surface area contributed by atoms with E-state index in [1.165, 1.54) is 47.1 Å². The fourth-order valence-corrected chi connectivity index (χ4v) is 6.91. The molecule has 0 radical (unpaired) electrons. The number of nitrogens with zero attached hydrogens (tertiary/aromatic N) is 2. The molecular formula is C20H26N2O6S2. The van der Waals surface area contributed by atoms with E-state index in [-0.39, 0.29) is 22.9 Å². The van der Waals surface area contributed by atoms with Crippen LogP contribution in [0.3, 0.4) is 0 Å². The second-order valence-electron chi connectivity index (χ2n) is 7.20. The first-order chi connectivity index (χ1) is 14.1. The fraction of sp³-hybridized carbons (Fsp3) is 0.400. The second-order valence-corrected chi connectivity index (χ2v) is 11.0. The van der Waals surface area contributed by atoms with Crippen LogP contribution in [-0.2, 0) is 20.0 Å². The predicted octanol–water partition coefficient (Wildman–Crippen LogP) is 2.18. The molecule has 0 spiro atoms. The molecule has 3 rings (SSSR count). The van der Waals surface area contributed by atoms with Crippen LogP contribution < -0.4 is 9.47 Å². The van der Waals surface area contributed by atoms with E-state index in [1.54, 1.807) is 38.1 Å². The first-order valence-corrected chi connectivity index (χ1v) is 12.3. The van der Waals surface area contributed by atoms with Gasteiger partial charge in [0.25, 0.3) is 0 Å². The van der Waals surface area contributed by atoms with Gasteiger partial charge in [-0.05, 0) is 62.4 Å². The zero-order valence-corrected chi connectivity index (χ0v) is 19.0. The first kappa shape index (κ1) is 22.5. The van der Waals surface area contributed by atoms with Crippen LogP contribution in [0, 0.1) is 0 Å². The molecule has 0 aliphatic carbocycles. The van der Waals surface area contributed by atoms with Crippen LogP contribution >= 0.6 is 0 Å². The average molecular weight is 455 g/mol. The van der Waals surface area contributed by atoms with E-state index in [0.717, 1.165) is 0 Å². The van der Waals surface area contributed by atoms with Gasteiger partial charge in [0.15, 0.2) is 0 Å². The smallest absolute Gasteiger partial charge is 0.243 e. The number of ether oxygens (including phenoxy) is 2. The van der Waals surface area contributed by atoms with Crippen molar-refractivity contribution in [2.75, 3.05) is 27.3 Å². The van der Waals surface area contributed by atoms with Crippen molar-refractivity contribution in [3.63, 3.8) is 0 Å². The van der Waals surface area contributed by atoms with Gasteiger partial charge < -0.3 is 9.47 Å². The lowest BCUT2D eigenvalue weighted by Crippen LogP contribution is -2.59. The monoisotopic (exact) mass is 454 g/mol. The van der Waals surface area contributed by atoms with Crippen LogP contribution in [0.1, 0.15) is 13.8 Å². The van der Waals surface area contributed by atoms with Crippen molar-refractivity contribution in [1.29, 1.82) is 0 Å². The highest BCUT2D eigenvalue weighted by Gasteiger charge is 2.41. The Morgan fingerprint density at radius 1 is 0.667 bits per heavy atom. The second kappa shape index (κ2) is 8.54. The zero-order valence-electron chi connectivity index (χ0n) is 17.3. The third-order valence-corrected chi connectivity index (χ3v) is 9.19. The van der Waals surface area contributed by atoms with Crippen molar-refractivity contribution >= 4 is 20.0 Å². The summed E-state index contributed by atoms with van der Waals surface area (Å²) in [6.45, 7) is 3.54. The minimum absolute atomic E-state index is 0.0604. The lowest BCUT2D eigenvalue weighted by molar-refractivity contribution is 0.163. The van der Waals surface area contributed by atoms with E-state index in [4.69, 9.17) is 9.47 Å². The summed E-state index contributed by atoms with van der Waals surface area (Å²) >= 11 is 0. The lowest BCUT2D eigenvalue weighted by Gasteiger charge is -2.42. The number of hydrogen-bond donors (Lipinski definition) is 0. The highest BCUT2D eigenvalue weighted by molar-refractivity contribution is 7.89. The number of rotatable bonds is 6. The Morgan fingerprint density at radius 3 is 1.23 bits per heavy atom. The van der Waals surface area contributed by atoms with Gasteiger partial charge in [-0.1, -0.05) is 0 Å². The summed E-state index contributed by atoms with van der Waals surface area (Å²) in [5.74, 6) is 1.12. The minimum Gasteiger partial charge on any atom is -0.497 e. The lowest BCUT2D eigenvalue weighted by atomic mass is 10.2. The van der Waals surface area contributed by atoms with Gasteiger partial charge in [-0.15, -0.1) is 0 Å². The van der Waals surface area contributed by atoms with E-state index >= 15 is 0 Å². The molecule has 2 aromatic carbocycles. The Bertz CT molecular complexity index is 994. The number of benzene rings is 2. The van der Waals surface area contributed by atoms with Gasteiger partial charge in [-0.3, -0.25) is 0 Å². The standard InChI is InChI=1S/C20H26N2O6S2/c1-15-13-22(30(25,26)20-11-7-18(28-4)8-12-20)16(2)14-21(15)29(23,24)19-9-5-17(27-3)6-10-19/h5-12,15-16H,13-14H2,1-4H3/t15-,16+. The van der Waals surface area contributed by atoms with E-state index < -0.39 is 32.1 Å². The van der Waals surface area contributed by atoms with Gasteiger partial charge >= 0.3 is 0 Å². The summed E-state index contributed by atoms with van der Waals surface area (Å²) in [5, 5.41) is 0. The van der Waals surface area contributed by atoms with Crippen LogP contribution in [0.2, 0.25) is 0 Å². The van der Waals surface area contributed by atoms with Crippen molar-refractivity contribution in [3.8, 4) is 11.5 Å². The molecule has 10 heteroatoms. The van der Waals surface area contributed by atoms with Gasteiger partial charge in [0, 0.05) is 25.2 Å². The number of sulfonamides is 2. The topological polar surface area (TPSA) is 93.2 Å². The SMILES string of the molecule is COc1ccc(S(=O)(=O)N2C[C@H](C)N(S(=O)(=O)c3ccc(OC)cc3)C[C@H]2C)cc1. The third-order valence-electron chi connectivity index (χ3n) is 5.20. The largest absolute Gasteiger partial charge is 0.497 e. The fourth-order valence-electron chi connectivity index (χ4n) is 3.50. The maximum absolute atomic E-state index is 13.1. The third kappa shape index (κ3) is 4.18. The molecule has 30 heavy (non-hydrogen) atoms. The molecule has 1 aliphatic rings. The molecule has 1 saturated heterocycles. The van der Waals surface area contributed by atoms with Gasteiger partial charge in [0.05, 0.1) is 24.0 Å². The van der Waals surface area contributed by atoms with Crippen LogP contribution in [-0.4, -0.2) is 64.8 Å². The van der Waals surface area contributed by atoms with Crippen molar-refractivity contribution in [2.24, 2.45) is 0 Å². The first-order valence-electron chi connectivity index (χ1n) is 9.43. The molecular weight excluding hydrogens is 428 g/mol. The molecule has 1 aliphatic heterocycles. The summed E-state index contributed by atoms with van der Waals surface area (Å²) < 4.78 is 65.5. The average Bonchev–Trinajstić information content (AvgIpc) is 2.74. The van der Waals surface area contributed by atoms with Crippen molar-refractivity contribution in [3.05, 3.63) is 48.5 Å². The summed E-state index contributed by atoms with van der Waals surface area (Å²) in [7, 11) is -4.52. The highest BCUT2D eigenvalue weighted by atomic mass is 32.2. The quantitative estimate of drug-likeness (QED) is 0.664. The molecule has 1 fully saturated rings. The van der Waals surface area contributed by atoms with E-state index in [2.05, 4.69) is 0 Å².